The lowest BCUT2D eigenvalue weighted by Gasteiger charge is -2.28. The van der Waals surface area contributed by atoms with E-state index in [9.17, 15) is 28.3 Å². The molecule has 2 aliphatic rings. The molecule has 0 radical (unpaired) electrons. The van der Waals surface area contributed by atoms with Gasteiger partial charge in [-0.3, -0.25) is 9.36 Å². The third kappa shape index (κ3) is 4.79. The number of hydrogen-bond donors (Lipinski definition) is 2. The summed E-state index contributed by atoms with van der Waals surface area (Å²) in [7, 11) is 0. The van der Waals surface area contributed by atoms with Gasteiger partial charge in [-0.2, -0.15) is 0 Å². The predicted octanol–water partition coefficient (Wildman–Crippen LogP) is 4.10. The van der Waals surface area contributed by atoms with Gasteiger partial charge in [0.25, 0.3) is 0 Å². The summed E-state index contributed by atoms with van der Waals surface area (Å²) in [5.74, 6) is -3.84. The molecule has 2 fully saturated rings. The molecule has 1 saturated heterocycles. The van der Waals surface area contributed by atoms with Crippen LogP contribution in [0, 0.1) is 35.2 Å². The second-order valence-corrected chi connectivity index (χ2v) is 11.0. The lowest BCUT2D eigenvalue weighted by atomic mass is 10.1. The topological polar surface area (TPSA) is 114 Å². The van der Waals surface area contributed by atoms with Gasteiger partial charge in [0, 0.05) is 31.4 Å². The quantitative estimate of drug-likeness (QED) is 0.497. The molecule has 1 aliphatic heterocycles. The minimum Gasteiger partial charge on any atom is -0.477 e. The van der Waals surface area contributed by atoms with Crippen LogP contribution in [-0.4, -0.2) is 51.5 Å². The third-order valence-electron chi connectivity index (χ3n) is 7.32. The molecule has 3 aromatic rings. The number of pyridine rings is 2. The van der Waals surface area contributed by atoms with E-state index in [0.29, 0.717) is 19.2 Å². The molecule has 1 unspecified atom stereocenters. The molecule has 1 aliphatic carbocycles. The lowest BCUT2D eigenvalue weighted by molar-refractivity contribution is 0.0522. The van der Waals surface area contributed by atoms with Crippen LogP contribution in [0.5, 0.6) is 0 Å². The third-order valence-corrected chi connectivity index (χ3v) is 7.32. The second-order valence-electron chi connectivity index (χ2n) is 11.0. The van der Waals surface area contributed by atoms with Gasteiger partial charge in [-0.1, -0.05) is 0 Å². The number of anilines is 1. The molecule has 1 saturated carbocycles. The van der Waals surface area contributed by atoms with Crippen molar-refractivity contribution in [1.29, 1.82) is 0 Å². The minimum atomic E-state index is -1.58. The number of hydrogen-bond acceptors (Lipinski definition) is 6. The number of aromatic nitrogens is 2. The van der Waals surface area contributed by atoms with Crippen molar-refractivity contribution in [2.75, 3.05) is 18.0 Å². The Bertz CT molecular complexity index is 1570. The fraction of sp³-hybridized carbons (Fsp3) is 0.407. The summed E-state index contributed by atoms with van der Waals surface area (Å²) >= 11 is 0. The van der Waals surface area contributed by atoms with E-state index >= 15 is 4.39 Å². The van der Waals surface area contributed by atoms with Gasteiger partial charge in [-0.15, -0.1) is 0 Å². The highest BCUT2D eigenvalue weighted by Gasteiger charge is 2.60. The molecule has 1 aromatic carbocycles. The van der Waals surface area contributed by atoms with Gasteiger partial charge >= 0.3 is 12.1 Å². The van der Waals surface area contributed by atoms with E-state index in [1.54, 1.807) is 25.7 Å². The Morgan fingerprint density at radius 1 is 1.18 bits per heavy atom. The van der Waals surface area contributed by atoms with Crippen molar-refractivity contribution in [3.05, 3.63) is 63.7 Å². The molecular formula is C27H27F3N4O5. The molecule has 5 rings (SSSR count). The van der Waals surface area contributed by atoms with Crippen LogP contribution in [0.2, 0.25) is 0 Å². The Labute approximate surface area is 221 Å². The molecular weight excluding hydrogens is 517 g/mol. The summed E-state index contributed by atoms with van der Waals surface area (Å²) in [6.07, 6.45) is 0.396. The van der Waals surface area contributed by atoms with Crippen molar-refractivity contribution in [3.8, 4) is 5.69 Å². The average molecular weight is 545 g/mol. The van der Waals surface area contributed by atoms with Crippen LogP contribution in [0.25, 0.3) is 16.7 Å². The molecule has 9 nitrogen and oxygen atoms in total. The smallest absolute Gasteiger partial charge is 0.407 e. The van der Waals surface area contributed by atoms with Crippen molar-refractivity contribution >= 4 is 28.9 Å². The normalized spacial score (nSPS) is 22.1. The maximum Gasteiger partial charge on any atom is 0.407 e. The first-order valence-corrected chi connectivity index (χ1v) is 12.4. The summed E-state index contributed by atoms with van der Waals surface area (Å²) < 4.78 is 50.0. The maximum absolute atomic E-state index is 15.4. The Morgan fingerprint density at radius 3 is 2.49 bits per heavy atom. The van der Waals surface area contributed by atoms with Gasteiger partial charge in [-0.25, -0.2) is 27.7 Å². The number of amides is 1. The predicted molar refractivity (Wildman–Crippen MR) is 136 cm³/mol. The van der Waals surface area contributed by atoms with Crippen LogP contribution in [0.4, 0.5) is 23.8 Å². The number of aromatic carboxylic acids is 1. The standard InChI is InChI=1S/C27H27F3N4O5/c1-12-21-15(9-31-26(38)39-27(2,3)4)16(21)10-33(12)24-19(30)8-14-22(35)17(25(36)37)11-34(23(14)32-24)20-6-5-13(28)7-18(20)29/h5-8,11-12,15-16,21H,9-10H2,1-4H3,(H,31,38)(H,36,37)/t12?,15-,16-,21-/m1/s1. The minimum absolute atomic E-state index is 0.0696. The molecule has 0 bridgehead atoms. The van der Waals surface area contributed by atoms with E-state index in [0.717, 1.165) is 29.0 Å². The van der Waals surface area contributed by atoms with Crippen LogP contribution >= 0.6 is 0 Å². The zero-order chi connectivity index (χ0) is 28.4. The van der Waals surface area contributed by atoms with Gasteiger partial charge in [0.1, 0.15) is 22.8 Å². The van der Waals surface area contributed by atoms with Crippen LogP contribution in [0.3, 0.4) is 0 Å². The number of alkyl carbamates (subject to hydrolysis) is 1. The molecule has 2 N–H and O–H groups in total. The number of carbonyl (C=O) groups is 2. The van der Waals surface area contributed by atoms with E-state index in [1.807, 2.05) is 6.92 Å². The number of carboxylic acid groups (broad SMARTS) is 1. The van der Waals surface area contributed by atoms with E-state index in [4.69, 9.17) is 4.74 Å². The van der Waals surface area contributed by atoms with Crippen molar-refractivity contribution in [3.63, 3.8) is 0 Å². The monoisotopic (exact) mass is 544 g/mol. The molecule has 12 heteroatoms. The van der Waals surface area contributed by atoms with Gasteiger partial charge in [0.05, 0.1) is 11.1 Å². The molecule has 206 valence electrons. The molecule has 3 heterocycles. The van der Waals surface area contributed by atoms with E-state index < -0.39 is 46.1 Å². The summed E-state index contributed by atoms with van der Waals surface area (Å²) in [6, 6.07) is 3.42. The summed E-state index contributed by atoms with van der Waals surface area (Å²) in [5, 5.41) is 11.9. The van der Waals surface area contributed by atoms with Gasteiger partial charge in [0.15, 0.2) is 17.3 Å². The largest absolute Gasteiger partial charge is 0.477 e. The highest BCUT2D eigenvalue weighted by Crippen LogP contribution is 2.55. The first-order chi connectivity index (χ1) is 18.3. The van der Waals surface area contributed by atoms with Gasteiger partial charge < -0.3 is 20.1 Å². The number of carbonyl (C=O) groups excluding carboxylic acids is 1. The second kappa shape index (κ2) is 9.28. The highest BCUT2D eigenvalue weighted by atomic mass is 19.1. The number of halogens is 3. The van der Waals surface area contributed by atoms with E-state index in [2.05, 4.69) is 10.3 Å². The van der Waals surface area contributed by atoms with Gasteiger partial charge in [-0.05, 0) is 63.6 Å². The number of rotatable bonds is 5. The number of piperidine rings is 1. The number of nitrogens with one attached hydrogen (secondary N) is 1. The zero-order valence-electron chi connectivity index (χ0n) is 21.7. The molecule has 1 amide bonds. The number of carboxylic acids is 1. The van der Waals surface area contributed by atoms with Crippen LogP contribution in [0.1, 0.15) is 38.1 Å². The summed E-state index contributed by atoms with van der Waals surface area (Å²) in [6.45, 7) is 8.08. The van der Waals surface area contributed by atoms with E-state index in [-0.39, 0.29) is 46.3 Å². The maximum atomic E-state index is 15.4. The van der Waals surface area contributed by atoms with Crippen molar-refractivity contribution in [2.24, 2.45) is 17.8 Å². The molecule has 0 spiro atoms. The number of fused-ring (bicyclic) bond motifs is 2. The van der Waals surface area contributed by atoms with Gasteiger partial charge in [0.2, 0.25) is 5.43 Å². The molecule has 2 aromatic heterocycles. The van der Waals surface area contributed by atoms with Crippen molar-refractivity contribution in [2.45, 2.75) is 39.3 Å². The molecule has 4 atom stereocenters. The highest BCUT2D eigenvalue weighted by molar-refractivity contribution is 5.92. The van der Waals surface area contributed by atoms with Crippen LogP contribution < -0.4 is 15.6 Å². The summed E-state index contributed by atoms with van der Waals surface area (Å²) in [4.78, 5) is 42.7. The fourth-order valence-corrected chi connectivity index (χ4v) is 5.56. The number of nitrogens with zero attached hydrogens (tertiary/aromatic N) is 3. The van der Waals surface area contributed by atoms with Crippen LogP contribution in [0.15, 0.2) is 35.3 Å². The SMILES string of the molecule is CC1[C@@H]2[C@H](CNC(=O)OC(C)(C)C)[C@H]2CN1c1nc2c(cc1F)c(=O)c(C(=O)O)cn2-c1ccc(F)cc1F. The Balaban J connectivity index is 1.47. The summed E-state index contributed by atoms with van der Waals surface area (Å²) in [5.41, 5.74) is -2.71. The average Bonchev–Trinajstić information content (AvgIpc) is 3.41. The van der Waals surface area contributed by atoms with Crippen LogP contribution in [-0.2, 0) is 4.74 Å². The first kappa shape index (κ1) is 26.5. The van der Waals surface area contributed by atoms with Crippen molar-refractivity contribution in [1.82, 2.24) is 14.9 Å². The Kier molecular flexibility index (Phi) is 6.31. The van der Waals surface area contributed by atoms with E-state index in [1.165, 1.54) is 0 Å². The Hall–Kier alpha value is -4.09. The Morgan fingerprint density at radius 2 is 1.90 bits per heavy atom. The fourth-order valence-electron chi connectivity index (χ4n) is 5.56. The zero-order valence-corrected chi connectivity index (χ0v) is 21.7. The number of ether oxygens (including phenoxy) is 1. The first-order valence-electron chi connectivity index (χ1n) is 12.4. The molecule has 39 heavy (non-hydrogen) atoms. The number of benzene rings is 1. The van der Waals surface area contributed by atoms with Crippen molar-refractivity contribution < 1.29 is 32.6 Å². The lowest BCUT2D eigenvalue weighted by Crippen LogP contribution is -2.38.